The lowest BCUT2D eigenvalue weighted by Gasteiger charge is -2.24. The van der Waals surface area contributed by atoms with Crippen LogP contribution in [0.15, 0.2) is 12.1 Å². The summed E-state index contributed by atoms with van der Waals surface area (Å²) in [5.74, 6) is 0.114. The third kappa shape index (κ3) is 3.05. The summed E-state index contributed by atoms with van der Waals surface area (Å²) in [5.41, 5.74) is -1.21. The zero-order valence-electron chi connectivity index (χ0n) is 9.64. The summed E-state index contributed by atoms with van der Waals surface area (Å²) in [6, 6.07) is 1.76. The van der Waals surface area contributed by atoms with Gasteiger partial charge in [-0.3, -0.25) is 0 Å². The van der Waals surface area contributed by atoms with Gasteiger partial charge in [0.1, 0.15) is 11.0 Å². The van der Waals surface area contributed by atoms with Gasteiger partial charge in [-0.2, -0.15) is 13.2 Å². The standard InChI is InChI=1S/C11H12ClF3N2O/c1-10(2-3-18-6-10)17-9-5-7(11(13,14)15)4-8(12)16-9/h4-5H,2-3,6H2,1H3,(H,16,17). The van der Waals surface area contributed by atoms with Gasteiger partial charge in [-0.1, -0.05) is 11.6 Å². The maximum absolute atomic E-state index is 12.6. The molecule has 2 heterocycles. The fourth-order valence-corrected chi connectivity index (χ4v) is 2.01. The smallest absolute Gasteiger partial charge is 0.379 e. The van der Waals surface area contributed by atoms with Gasteiger partial charge in [0.25, 0.3) is 0 Å². The molecule has 1 aromatic rings. The number of ether oxygens (including phenoxy) is 1. The highest BCUT2D eigenvalue weighted by Crippen LogP contribution is 2.33. The number of nitrogens with zero attached hydrogens (tertiary/aromatic N) is 1. The van der Waals surface area contributed by atoms with E-state index >= 15 is 0 Å². The molecule has 1 fully saturated rings. The van der Waals surface area contributed by atoms with E-state index < -0.39 is 17.3 Å². The van der Waals surface area contributed by atoms with Crippen LogP contribution in [-0.4, -0.2) is 23.7 Å². The van der Waals surface area contributed by atoms with Crippen LogP contribution in [0.3, 0.4) is 0 Å². The van der Waals surface area contributed by atoms with Gasteiger partial charge in [0.15, 0.2) is 0 Å². The van der Waals surface area contributed by atoms with Crippen LogP contribution in [-0.2, 0) is 10.9 Å². The number of anilines is 1. The largest absolute Gasteiger partial charge is 0.416 e. The molecule has 1 aliphatic heterocycles. The molecule has 1 atom stereocenters. The van der Waals surface area contributed by atoms with E-state index in [1.165, 1.54) is 0 Å². The van der Waals surface area contributed by atoms with Gasteiger partial charge in [0, 0.05) is 6.61 Å². The Labute approximate surface area is 107 Å². The Balaban J connectivity index is 2.25. The van der Waals surface area contributed by atoms with Crippen LogP contribution in [0.2, 0.25) is 5.15 Å². The van der Waals surface area contributed by atoms with Crippen molar-refractivity contribution in [2.45, 2.75) is 25.1 Å². The lowest BCUT2D eigenvalue weighted by molar-refractivity contribution is -0.137. The number of nitrogens with one attached hydrogen (secondary N) is 1. The second kappa shape index (κ2) is 4.59. The summed E-state index contributed by atoms with van der Waals surface area (Å²) in [5, 5.41) is 2.76. The normalized spacial score (nSPS) is 24.3. The Morgan fingerprint density at radius 3 is 2.72 bits per heavy atom. The predicted octanol–water partition coefficient (Wildman–Crippen LogP) is 3.34. The first-order valence-corrected chi connectivity index (χ1v) is 5.77. The minimum absolute atomic E-state index is 0.114. The summed E-state index contributed by atoms with van der Waals surface area (Å²) < 4.78 is 43.1. The third-order valence-electron chi connectivity index (χ3n) is 2.77. The van der Waals surface area contributed by atoms with E-state index in [0.29, 0.717) is 19.6 Å². The number of hydrogen-bond acceptors (Lipinski definition) is 3. The molecule has 18 heavy (non-hydrogen) atoms. The highest BCUT2D eigenvalue weighted by atomic mass is 35.5. The van der Waals surface area contributed by atoms with Crippen LogP contribution in [0.25, 0.3) is 0 Å². The third-order valence-corrected chi connectivity index (χ3v) is 2.96. The molecule has 0 aromatic carbocycles. The van der Waals surface area contributed by atoms with Crippen LogP contribution >= 0.6 is 11.6 Å². The maximum Gasteiger partial charge on any atom is 0.416 e. The summed E-state index contributed by atoms with van der Waals surface area (Å²) in [7, 11) is 0. The van der Waals surface area contributed by atoms with E-state index in [2.05, 4.69) is 10.3 Å². The van der Waals surface area contributed by atoms with Crippen molar-refractivity contribution in [3.63, 3.8) is 0 Å². The predicted molar refractivity (Wildman–Crippen MR) is 61.7 cm³/mol. The van der Waals surface area contributed by atoms with Gasteiger partial charge in [-0.05, 0) is 25.5 Å². The average Bonchev–Trinajstić information content (AvgIpc) is 2.62. The van der Waals surface area contributed by atoms with E-state index in [1.54, 1.807) is 0 Å². The summed E-state index contributed by atoms with van der Waals surface area (Å²) in [6.07, 6.45) is -3.72. The van der Waals surface area contributed by atoms with E-state index in [-0.39, 0.29) is 11.0 Å². The zero-order chi connectivity index (χ0) is 13.4. The fraction of sp³-hybridized carbons (Fsp3) is 0.545. The Hall–Kier alpha value is -1.01. The van der Waals surface area contributed by atoms with Crippen LogP contribution in [0, 0.1) is 0 Å². The topological polar surface area (TPSA) is 34.2 Å². The minimum Gasteiger partial charge on any atom is -0.379 e. The molecule has 0 amide bonds. The Morgan fingerprint density at radius 2 is 2.17 bits per heavy atom. The molecule has 1 aliphatic rings. The number of hydrogen-bond donors (Lipinski definition) is 1. The molecule has 3 nitrogen and oxygen atoms in total. The van der Waals surface area contributed by atoms with Crippen molar-refractivity contribution in [1.29, 1.82) is 0 Å². The maximum atomic E-state index is 12.6. The van der Waals surface area contributed by atoms with Gasteiger partial charge < -0.3 is 10.1 Å². The molecular formula is C11H12ClF3N2O. The van der Waals surface area contributed by atoms with Crippen LogP contribution < -0.4 is 5.32 Å². The Bertz CT molecular complexity index is 444. The molecule has 1 saturated heterocycles. The molecule has 100 valence electrons. The number of pyridine rings is 1. The van der Waals surface area contributed by atoms with E-state index in [0.717, 1.165) is 12.1 Å². The first-order valence-electron chi connectivity index (χ1n) is 5.39. The average molecular weight is 281 g/mol. The first-order chi connectivity index (χ1) is 8.28. The molecule has 1 N–H and O–H groups in total. The second-order valence-electron chi connectivity index (χ2n) is 4.55. The molecular weight excluding hydrogens is 269 g/mol. The Kier molecular flexibility index (Phi) is 3.42. The van der Waals surface area contributed by atoms with E-state index in [4.69, 9.17) is 16.3 Å². The number of aromatic nitrogens is 1. The second-order valence-corrected chi connectivity index (χ2v) is 4.94. The van der Waals surface area contributed by atoms with Crippen LogP contribution in [0.1, 0.15) is 18.9 Å². The molecule has 7 heteroatoms. The molecule has 0 radical (unpaired) electrons. The number of halogens is 4. The van der Waals surface area contributed by atoms with Crippen molar-refractivity contribution in [2.24, 2.45) is 0 Å². The van der Waals surface area contributed by atoms with Crippen molar-refractivity contribution >= 4 is 17.4 Å². The Morgan fingerprint density at radius 1 is 1.44 bits per heavy atom. The monoisotopic (exact) mass is 280 g/mol. The first kappa shape index (κ1) is 13.4. The van der Waals surface area contributed by atoms with Gasteiger partial charge >= 0.3 is 6.18 Å². The van der Waals surface area contributed by atoms with Crippen molar-refractivity contribution in [2.75, 3.05) is 18.5 Å². The van der Waals surface area contributed by atoms with Gasteiger partial charge in [0.2, 0.25) is 0 Å². The summed E-state index contributed by atoms with van der Waals surface area (Å²) in [4.78, 5) is 3.85. The van der Waals surface area contributed by atoms with Crippen molar-refractivity contribution in [1.82, 2.24) is 4.98 Å². The summed E-state index contributed by atoms with van der Waals surface area (Å²) >= 11 is 5.60. The quantitative estimate of drug-likeness (QED) is 0.844. The lowest BCUT2D eigenvalue weighted by atomic mass is 10.0. The van der Waals surface area contributed by atoms with Crippen LogP contribution in [0.4, 0.5) is 19.0 Å². The highest BCUT2D eigenvalue weighted by Gasteiger charge is 2.33. The van der Waals surface area contributed by atoms with Gasteiger partial charge in [0.05, 0.1) is 17.7 Å². The van der Waals surface area contributed by atoms with E-state index in [9.17, 15) is 13.2 Å². The fourth-order valence-electron chi connectivity index (χ4n) is 1.80. The van der Waals surface area contributed by atoms with Gasteiger partial charge in [-0.25, -0.2) is 4.98 Å². The molecule has 0 saturated carbocycles. The van der Waals surface area contributed by atoms with Crippen molar-refractivity contribution in [3.8, 4) is 0 Å². The molecule has 0 bridgehead atoms. The number of rotatable bonds is 2. The highest BCUT2D eigenvalue weighted by molar-refractivity contribution is 6.29. The summed E-state index contributed by atoms with van der Waals surface area (Å²) in [6.45, 7) is 2.88. The minimum atomic E-state index is -4.43. The molecule has 0 spiro atoms. The van der Waals surface area contributed by atoms with E-state index in [1.807, 2.05) is 6.92 Å². The molecule has 2 rings (SSSR count). The number of alkyl halides is 3. The molecule has 1 aromatic heterocycles. The zero-order valence-corrected chi connectivity index (χ0v) is 10.4. The SMILES string of the molecule is CC1(Nc2cc(C(F)(F)F)cc(Cl)n2)CCOC1. The molecule has 0 aliphatic carbocycles. The lowest BCUT2D eigenvalue weighted by Crippen LogP contribution is -2.35. The molecule has 1 unspecified atom stereocenters. The van der Waals surface area contributed by atoms with Crippen LogP contribution in [0.5, 0.6) is 0 Å². The van der Waals surface area contributed by atoms with Crippen molar-refractivity contribution in [3.05, 3.63) is 22.8 Å². The van der Waals surface area contributed by atoms with Crippen molar-refractivity contribution < 1.29 is 17.9 Å². The van der Waals surface area contributed by atoms with Gasteiger partial charge in [-0.15, -0.1) is 0 Å².